The molecule has 8 heteroatoms. The predicted molar refractivity (Wildman–Crippen MR) is 106 cm³/mol. The fourth-order valence-corrected chi connectivity index (χ4v) is 3.85. The van der Waals surface area contributed by atoms with Crippen LogP contribution >= 0.6 is 11.3 Å². The molecule has 28 heavy (non-hydrogen) atoms. The van der Waals surface area contributed by atoms with Gasteiger partial charge in [0.1, 0.15) is 17.9 Å². The van der Waals surface area contributed by atoms with Gasteiger partial charge in [-0.1, -0.05) is 23.4 Å². The Morgan fingerprint density at radius 2 is 1.86 bits per heavy atom. The Bertz CT molecular complexity index is 998. The Morgan fingerprint density at radius 1 is 1.18 bits per heavy atom. The van der Waals surface area contributed by atoms with Gasteiger partial charge in [-0.2, -0.15) is 0 Å². The zero-order valence-electron chi connectivity index (χ0n) is 16.4. The number of aryl methyl sites for hydroxylation is 4. The van der Waals surface area contributed by atoms with Gasteiger partial charge in [0, 0.05) is 12.3 Å². The van der Waals surface area contributed by atoms with Crippen LogP contribution in [0.4, 0.5) is 10.8 Å². The van der Waals surface area contributed by atoms with Gasteiger partial charge in [-0.3, -0.25) is 9.69 Å². The molecule has 0 fully saturated rings. The van der Waals surface area contributed by atoms with E-state index in [1.165, 1.54) is 18.3 Å². The molecule has 0 bridgehead atoms. The van der Waals surface area contributed by atoms with Gasteiger partial charge in [-0.05, 0) is 38.8 Å². The molecule has 0 spiro atoms. The van der Waals surface area contributed by atoms with Crippen molar-refractivity contribution >= 4 is 34.0 Å². The number of rotatable bonds is 5. The number of ether oxygens (including phenoxy) is 1. The highest BCUT2D eigenvalue weighted by Gasteiger charge is 2.23. The van der Waals surface area contributed by atoms with Gasteiger partial charge in [0.15, 0.2) is 5.13 Å². The normalized spacial score (nSPS) is 10.8. The van der Waals surface area contributed by atoms with E-state index in [0.29, 0.717) is 27.8 Å². The first-order chi connectivity index (χ1) is 13.3. The number of amides is 1. The molecule has 2 heterocycles. The lowest BCUT2D eigenvalue weighted by molar-refractivity contribution is -0.115. The lowest BCUT2D eigenvalue weighted by Crippen LogP contribution is -2.24. The number of nitrogens with zero attached hydrogens (tertiary/aromatic N) is 3. The van der Waals surface area contributed by atoms with Gasteiger partial charge >= 0.3 is 5.97 Å². The average Bonchev–Trinajstić information content (AvgIpc) is 3.22. The molecule has 0 saturated carbocycles. The third-order valence-corrected chi connectivity index (χ3v) is 5.17. The summed E-state index contributed by atoms with van der Waals surface area (Å²) in [7, 11) is 0. The Labute approximate surface area is 166 Å². The van der Waals surface area contributed by atoms with Crippen LogP contribution in [0.5, 0.6) is 0 Å². The van der Waals surface area contributed by atoms with Crippen molar-refractivity contribution < 1.29 is 18.8 Å². The molecule has 146 valence electrons. The first kappa shape index (κ1) is 19.8. The number of aromatic nitrogens is 2. The summed E-state index contributed by atoms with van der Waals surface area (Å²) >= 11 is 1.33. The van der Waals surface area contributed by atoms with Crippen molar-refractivity contribution in [3.05, 3.63) is 57.4 Å². The molecule has 2 aromatic heterocycles. The number of thiazole rings is 1. The Kier molecular flexibility index (Phi) is 5.60. The van der Waals surface area contributed by atoms with E-state index >= 15 is 0 Å². The molecule has 0 radical (unpaired) electrons. The highest BCUT2D eigenvalue weighted by atomic mass is 32.1. The van der Waals surface area contributed by atoms with E-state index in [0.717, 1.165) is 16.8 Å². The van der Waals surface area contributed by atoms with Crippen molar-refractivity contribution in [3.8, 4) is 0 Å². The number of benzene rings is 1. The second-order valence-corrected chi connectivity index (χ2v) is 7.33. The van der Waals surface area contributed by atoms with E-state index in [9.17, 15) is 9.59 Å². The molecule has 3 rings (SSSR count). The van der Waals surface area contributed by atoms with E-state index in [1.807, 2.05) is 32.0 Å². The summed E-state index contributed by atoms with van der Waals surface area (Å²) in [4.78, 5) is 30.7. The average molecular weight is 399 g/mol. The molecule has 0 saturated heterocycles. The lowest BCUT2D eigenvalue weighted by atomic mass is 10.1. The summed E-state index contributed by atoms with van der Waals surface area (Å²) in [5.74, 6) is -0.228. The molecule has 1 amide bonds. The first-order valence-corrected chi connectivity index (χ1v) is 9.59. The summed E-state index contributed by atoms with van der Waals surface area (Å²) in [6.45, 7) is 8.76. The minimum Gasteiger partial charge on any atom is -0.455 e. The van der Waals surface area contributed by atoms with E-state index in [4.69, 9.17) is 9.26 Å². The molecular weight excluding hydrogens is 378 g/mol. The summed E-state index contributed by atoms with van der Waals surface area (Å²) in [5.41, 5.74) is 4.17. The van der Waals surface area contributed by atoms with Crippen LogP contribution in [0.2, 0.25) is 0 Å². The third kappa shape index (κ3) is 3.82. The Balaban J connectivity index is 1.80. The van der Waals surface area contributed by atoms with E-state index in [2.05, 4.69) is 10.1 Å². The van der Waals surface area contributed by atoms with Gasteiger partial charge in [0.25, 0.3) is 0 Å². The SMILES string of the molecule is CC(=O)N(c1nc(COC(=O)c2c(C)noc2C)cs1)c1c(C)cccc1C. The first-order valence-electron chi connectivity index (χ1n) is 8.71. The van der Waals surface area contributed by atoms with Gasteiger partial charge in [-0.15, -0.1) is 11.3 Å². The molecule has 1 aromatic carbocycles. The fourth-order valence-electron chi connectivity index (χ4n) is 3.00. The van der Waals surface area contributed by atoms with Crippen LogP contribution in [0.15, 0.2) is 28.1 Å². The highest BCUT2D eigenvalue weighted by Crippen LogP contribution is 2.33. The Hall–Kier alpha value is -3.00. The van der Waals surface area contributed by atoms with Crippen LogP contribution in [0.25, 0.3) is 0 Å². The largest absolute Gasteiger partial charge is 0.455 e. The van der Waals surface area contributed by atoms with E-state index < -0.39 is 5.97 Å². The van der Waals surface area contributed by atoms with Crippen LogP contribution in [0.3, 0.4) is 0 Å². The summed E-state index contributed by atoms with van der Waals surface area (Å²) in [6, 6.07) is 5.87. The van der Waals surface area contributed by atoms with E-state index in [1.54, 1.807) is 24.1 Å². The van der Waals surface area contributed by atoms with Gasteiger partial charge in [0.05, 0.1) is 17.1 Å². The standard InChI is InChI=1S/C20H21N3O4S/c1-11-7-6-8-12(2)18(11)23(15(5)24)20-21-16(10-28-20)9-26-19(25)17-13(3)22-27-14(17)4/h6-8,10H,9H2,1-5H3. The number of hydrogen-bond donors (Lipinski definition) is 0. The maximum atomic E-state index is 12.3. The maximum absolute atomic E-state index is 12.3. The smallest absolute Gasteiger partial charge is 0.344 e. The molecular formula is C20H21N3O4S. The Morgan fingerprint density at radius 3 is 2.43 bits per heavy atom. The van der Waals surface area contributed by atoms with E-state index in [-0.39, 0.29) is 12.5 Å². The number of carbonyl (C=O) groups excluding carboxylic acids is 2. The number of esters is 1. The van der Waals surface area contributed by atoms with Gasteiger partial charge < -0.3 is 9.26 Å². The zero-order chi connectivity index (χ0) is 20.4. The predicted octanol–water partition coefficient (Wildman–Crippen LogP) is 4.41. The van der Waals surface area contributed by atoms with Crippen LogP contribution in [-0.2, 0) is 16.1 Å². The lowest BCUT2D eigenvalue weighted by Gasteiger charge is -2.22. The third-order valence-electron chi connectivity index (χ3n) is 4.30. The minimum atomic E-state index is -0.510. The molecule has 3 aromatic rings. The molecule has 0 aliphatic rings. The molecule has 0 atom stereocenters. The van der Waals surface area contributed by atoms with Crippen LogP contribution in [-0.4, -0.2) is 22.0 Å². The second-order valence-electron chi connectivity index (χ2n) is 6.49. The number of para-hydroxylation sites is 1. The monoisotopic (exact) mass is 399 g/mol. The van der Waals surface area contributed by atoms with Crippen LogP contribution in [0.1, 0.15) is 45.6 Å². The van der Waals surface area contributed by atoms with Crippen molar-refractivity contribution in [1.82, 2.24) is 10.1 Å². The maximum Gasteiger partial charge on any atom is 0.344 e. The molecule has 0 unspecified atom stereocenters. The second kappa shape index (κ2) is 7.93. The highest BCUT2D eigenvalue weighted by molar-refractivity contribution is 7.14. The molecule has 0 N–H and O–H groups in total. The van der Waals surface area contributed by atoms with Gasteiger partial charge in [-0.25, -0.2) is 9.78 Å². The summed E-state index contributed by atoms with van der Waals surface area (Å²) in [6.07, 6.45) is 0. The number of hydrogen-bond acceptors (Lipinski definition) is 7. The van der Waals surface area contributed by atoms with Crippen molar-refractivity contribution in [2.75, 3.05) is 4.90 Å². The quantitative estimate of drug-likeness (QED) is 0.591. The van der Waals surface area contributed by atoms with Crippen LogP contribution < -0.4 is 4.90 Å². The van der Waals surface area contributed by atoms with Crippen molar-refractivity contribution in [3.63, 3.8) is 0 Å². The number of anilines is 2. The van der Waals surface area contributed by atoms with Crippen molar-refractivity contribution in [1.29, 1.82) is 0 Å². The van der Waals surface area contributed by atoms with Gasteiger partial charge in [0.2, 0.25) is 5.91 Å². The molecule has 0 aliphatic carbocycles. The molecule has 0 aliphatic heterocycles. The minimum absolute atomic E-state index is 0.00209. The number of carbonyl (C=O) groups is 2. The van der Waals surface area contributed by atoms with Crippen molar-refractivity contribution in [2.24, 2.45) is 0 Å². The zero-order valence-corrected chi connectivity index (χ0v) is 17.2. The summed E-state index contributed by atoms with van der Waals surface area (Å²) < 4.78 is 10.3. The molecule has 7 nitrogen and oxygen atoms in total. The summed E-state index contributed by atoms with van der Waals surface area (Å²) in [5, 5.41) is 6.07. The topological polar surface area (TPSA) is 85.5 Å². The van der Waals surface area contributed by atoms with Crippen LogP contribution in [0, 0.1) is 27.7 Å². The van der Waals surface area contributed by atoms with Crippen molar-refractivity contribution in [2.45, 2.75) is 41.2 Å². The fraction of sp³-hybridized carbons (Fsp3) is 0.300.